The van der Waals surface area contributed by atoms with Crippen molar-refractivity contribution in [3.63, 3.8) is 0 Å². The third-order valence-corrected chi connectivity index (χ3v) is 8.81. The number of hydrogen-bond acceptors (Lipinski definition) is 9. The van der Waals surface area contributed by atoms with Gasteiger partial charge in [0.05, 0.1) is 25.6 Å². The largest absolute Gasteiger partial charge is 0.493 e. The number of hydrogen-bond donors (Lipinski definition) is 2. The fourth-order valence-electron chi connectivity index (χ4n) is 5.60. The number of aryl methyl sites for hydroxylation is 3. The predicted molar refractivity (Wildman–Crippen MR) is 230 cm³/mol. The lowest BCUT2D eigenvalue weighted by molar-refractivity contribution is -0.131. The van der Waals surface area contributed by atoms with Gasteiger partial charge in [0.1, 0.15) is 13.2 Å². The molecule has 0 saturated carbocycles. The van der Waals surface area contributed by atoms with Gasteiger partial charge in [-0.05, 0) is 103 Å². The van der Waals surface area contributed by atoms with E-state index in [4.69, 9.17) is 29.8 Å². The molecule has 308 valence electrons. The monoisotopic (exact) mass is 799 g/mol. The number of aromatic nitrogens is 4. The third-order valence-electron chi connectivity index (χ3n) is 8.81. The Hall–Kier alpha value is -6.92. The van der Waals surface area contributed by atoms with Crippen LogP contribution in [0.4, 0.5) is 0 Å². The summed E-state index contributed by atoms with van der Waals surface area (Å²) in [7, 11) is 6.89. The van der Waals surface area contributed by atoms with Crippen molar-refractivity contribution in [3.8, 4) is 23.0 Å². The van der Waals surface area contributed by atoms with Gasteiger partial charge in [0.25, 0.3) is 0 Å². The second kappa shape index (κ2) is 24.7. The molecule has 0 fully saturated rings. The number of methoxy groups -OCH3 is 2. The van der Waals surface area contributed by atoms with Crippen LogP contribution in [-0.2, 0) is 49.7 Å². The molecule has 2 aromatic heterocycles. The highest BCUT2D eigenvalue weighted by Gasteiger charge is 2.09. The van der Waals surface area contributed by atoms with Crippen LogP contribution in [0.1, 0.15) is 46.5 Å². The normalized spacial score (nSPS) is 10.7. The van der Waals surface area contributed by atoms with Gasteiger partial charge < -0.3 is 29.8 Å². The van der Waals surface area contributed by atoms with E-state index in [0.29, 0.717) is 31.9 Å². The molecule has 12 heteroatoms. The maximum Gasteiger partial charge on any atom is 0.328 e. The first kappa shape index (κ1) is 44.8. The summed E-state index contributed by atoms with van der Waals surface area (Å²) in [6, 6.07) is 35.6. The first-order chi connectivity index (χ1) is 28.7. The van der Waals surface area contributed by atoms with Crippen LogP contribution in [-0.4, -0.2) is 57.2 Å². The molecule has 0 aliphatic heterocycles. The van der Waals surface area contributed by atoms with Crippen LogP contribution >= 0.6 is 0 Å². The molecule has 6 rings (SSSR count). The van der Waals surface area contributed by atoms with E-state index in [0.717, 1.165) is 76.2 Å². The third kappa shape index (κ3) is 15.9. The number of rotatable bonds is 18. The number of carboxylic acid groups (broad SMARTS) is 1. The molecule has 0 spiro atoms. The summed E-state index contributed by atoms with van der Waals surface area (Å²) in [4.78, 5) is 22.2. The molecule has 0 aliphatic carbocycles. The van der Waals surface area contributed by atoms with Crippen LogP contribution < -0.4 is 24.7 Å². The number of allylic oxidation sites excluding steroid dienone is 1. The molecular formula is C47H53N5O7. The summed E-state index contributed by atoms with van der Waals surface area (Å²) in [5.74, 6) is 2.09. The summed E-state index contributed by atoms with van der Waals surface area (Å²) in [6.45, 7) is 1.64. The van der Waals surface area contributed by atoms with Crippen molar-refractivity contribution in [1.82, 2.24) is 19.6 Å². The Morgan fingerprint density at radius 1 is 0.627 bits per heavy atom. The number of ether oxygens (including phenoxy) is 4. The van der Waals surface area contributed by atoms with Gasteiger partial charge in [-0.25, -0.2) is 4.79 Å². The second-order valence-corrected chi connectivity index (χ2v) is 13.1. The molecule has 0 bridgehead atoms. The number of carbonyl (C=O) groups excluding carboxylic acids is 1. The average Bonchev–Trinajstić information content (AvgIpc) is 3.88. The van der Waals surface area contributed by atoms with E-state index in [1.54, 1.807) is 61.2 Å². The Kier molecular flexibility index (Phi) is 18.7. The highest BCUT2D eigenvalue weighted by molar-refractivity contribution is 5.93. The fourth-order valence-corrected chi connectivity index (χ4v) is 5.60. The molecule has 2 heterocycles. The lowest BCUT2D eigenvalue weighted by Gasteiger charge is -2.12. The van der Waals surface area contributed by atoms with E-state index >= 15 is 0 Å². The van der Waals surface area contributed by atoms with Crippen molar-refractivity contribution < 1.29 is 33.6 Å². The summed E-state index contributed by atoms with van der Waals surface area (Å²) in [6.07, 6.45) is 12.2. The maximum absolute atomic E-state index is 12.1. The topological polar surface area (TPSA) is 153 Å². The molecule has 0 unspecified atom stereocenters. The summed E-state index contributed by atoms with van der Waals surface area (Å²) < 4.78 is 25.9. The minimum absolute atomic E-state index is 0.111. The predicted octanol–water partition coefficient (Wildman–Crippen LogP) is 7.91. The van der Waals surface area contributed by atoms with Gasteiger partial charge in [-0.3, -0.25) is 14.2 Å². The van der Waals surface area contributed by atoms with Crippen molar-refractivity contribution in [2.24, 2.45) is 19.8 Å². The van der Waals surface area contributed by atoms with Crippen molar-refractivity contribution in [1.29, 1.82) is 0 Å². The number of carboxylic acids is 1. The number of ketones is 1. The van der Waals surface area contributed by atoms with E-state index in [1.807, 2.05) is 110 Å². The number of nitrogens with two attached hydrogens (primary N) is 1. The summed E-state index contributed by atoms with van der Waals surface area (Å²) in [5.41, 5.74) is 11.8. The van der Waals surface area contributed by atoms with E-state index < -0.39 is 5.97 Å². The standard InChI is InChI=1S/C24H26N2O3.C16H19NO2.C7H8N2O2/c1-26-21(15-16-25-26)12-13-22(27)10-6-9-19-11-14-23(28-2)24(17-19)29-18-20-7-4-3-5-8-20;1-18-15-8-7-13(9-10-17)11-16(15)19-12-14-5-3-2-4-6-14;1-9-6(4-5-8-9)2-3-7(10)11/h3-5,7-8,11-17H,6,9-10,18H2,1-2H3;2-8,11H,9-10,12,17H2,1H3;2-5H,1H3,(H,10,11)/b13-12+;;3-2+. The van der Waals surface area contributed by atoms with Crippen LogP contribution in [0.5, 0.6) is 23.0 Å². The number of benzene rings is 4. The highest BCUT2D eigenvalue weighted by Crippen LogP contribution is 2.30. The molecule has 0 amide bonds. The van der Waals surface area contributed by atoms with Gasteiger partial charge in [-0.15, -0.1) is 0 Å². The Labute approximate surface area is 346 Å². The van der Waals surface area contributed by atoms with Crippen molar-refractivity contribution in [2.75, 3.05) is 20.8 Å². The number of aliphatic carboxylic acids is 1. The molecular weight excluding hydrogens is 747 g/mol. The average molecular weight is 800 g/mol. The van der Waals surface area contributed by atoms with Crippen LogP contribution in [0.15, 0.2) is 134 Å². The van der Waals surface area contributed by atoms with E-state index in [1.165, 1.54) is 6.08 Å². The number of nitrogens with zero attached hydrogens (tertiary/aromatic N) is 4. The van der Waals surface area contributed by atoms with Crippen LogP contribution in [0.3, 0.4) is 0 Å². The first-order valence-corrected chi connectivity index (χ1v) is 19.1. The molecule has 0 radical (unpaired) electrons. The SMILES string of the molecule is COc1ccc(CCCC(=O)/C=C/c2ccnn2C)cc1OCc1ccccc1.COc1ccc(CCN)cc1OCc1ccccc1.Cn1nccc1/C=C/C(=O)O. The maximum atomic E-state index is 12.1. The van der Waals surface area contributed by atoms with E-state index in [-0.39, 0.29) is 5.78 Å². The summed E-state index contributed by atoms with van der Waals surface area (Å²) >= 11 is 0. The van der Waals surface area contributed by atoms with Crippen LogP contribution in [0.2, 0.25) is 0 Å². The summed E-state index contributed by atoms with van der Waals surface area (Å²) in [5, 5.41) is 16.2. The minimum atomic E-state index is -0.953. The van der Waals surface area contributed by atoms with Gasteiger partial charge in [-0.1, -0.05) is 72.8 Å². The molecule has 4 aromatic carbocycles. The molecule has 59 heavy (non-hydrogen) atoms. The van der Waals surface area contributed by atoms with Gasteiger partial charge >= 0.3 is 5.97 Å². The van der Waals surface area contributed by atoms with Gasteiger partial charge in [0, 0.05) is 39.0 Å². The molecule has 12 nitrogen and oxygen atoms in total. The highest BCUT2D eigenvalue weighted by atomic mass is 16.5. The molecule has 6 aromatic rings. The van der Waals surface area contributed by atoms with Gasteiger partial charge in [0.15, 0.2) is 28.8 Å². The Morgan fingerprint density at radius 2 is 1.10 bits per heavy atom. The number of carbonyl (C=O) groups is 2. The molecule has 3 N–H and O–H groups in total. The second-order valence-electron chi connectivity index (χ2n) is 13.1. The first-order valence-electron chi connectivity index (χ1n) is 19.1. The quantitative estimate of drug-likeness (QED) is 0.0821. The van der Waals surface area contributed by atoms with Crippen LogP contribution in [0.25, 0.3) is 12.2 Å². The van der Waals surface area contributed by atoms with Gasteiger partial charge in [0.2, 0.25) is 0 Å². The van der Waals surface area contributed by atoms with Gasteiger partial charge in [-0.2, -0.15) is 10.2 Å². The smallest absolute Gasteiger partial charge is 0.328 e. The Bertz CT molecular complexity index is 2230. The molecule has 0 aliphatic rings. The zero-order valence-electron chi connectivity index (χ0n) is 34.1. The van der Waals surface area contributed by atoms with Crippen molar-refractivity contribution >= 4 is 23.9 Å². The van der Waals surface area contributed by atoms with E-state index in [2.05, 4.69) is 10.2 Å². The Balaban J connectivity index is 0.000000219. The zero-order chi connectivity index (χ0) is 42.2. The van der Waals surface area contributed by atoms with Crippen molar-refractivity contribution in [3.05, 3.63) is 167 Å². The van der Waals surface area contributed by atoms with E-state index in [9.17, 15) is 9.59 Å². The zero-order valence-corrected chi connectivity index (χ0v) is 34.1. The minimum Gasteiger partial charge on any atom is -0.493 e. The van der Waals surface area contributed by atoms with Crippen LogP contribution in [0, 0.1) is 0 Å². The fraction of sp³-hybridized carbons (Fsp3) is 0.234. The Morgan fingerprint density at radius 3 is 1.53 bits per heavy atom. The van der Waals surface area contributed by atoms with Crippen molar-refractivity contribution in [2.45, 2.75) is 38.9 Å². The molecule has 0 saturated heterocycles. The lowest BCUT2D eigenvalue weighted by atomic mass is 10.1. The molecule has 0 atom stereocenters. The lowest BCUT2D eigenvalue weighted by Crippen LogP contribution is -2.04.